The Kier molecular flexibility index (Phi) is 40.9. The highest BCUT2D eigenvalue weighted by molar-refractivity contribution is 7.47. The highest BCUT2D eigenvalue weighted by atomic mass is 31.2. The number of allylic oxidation sites excluding steroid dienone is 6. The summed E-state index contributed by atoms with van der Waals surface area (Å²) in [6.07, 6.45) is 47.3. The fourth-order valence-electron chi connectivity index (χ4n) is 6.01. The number of esters is 1. The first-order valence-electron chi connectivity index (χ1n) is 22.0. The van der Waals surface area contributed by atoms with Crippen LogP contribution in [0.4, 0.5) is 0 Å². The van der Waals surface area contributed by atoms with Crippen LogP contribution in [0.5, 0.6) is 0 Å². The molecule has 0 aliphatic heterocycles. The van der Waals surface area contributed by atoms with Crippen LogP contribution in [0.25, 0.3) is 0 Å². The molecule has 53 heavy (non-hydrogen) atoms. The number of hydrogen-bond acceptors (Lipinski definition) is 7. The van der Waals surface area contributed by atoms with Crippen molar-refractivity contribution >= 4 is 13.8 Å². The predicted octanol–water partition coefficient (Wildman–Crippen LogP) is 13.0. The Labute approximate surface area is 327 Å². The Balaban J connectivity index is 4.02. The first-order chi connectivity index (χ1) is 25.9. The van der Waals surface area contributed by atoms with Crippen molar-refractivity contribution in [2.24, 2.45) is 5.73 Å². The molecule has 2 atom stereocenters. The Morgan fingerprint density at radius 1 is 0.566 bits per heavy atom. The van der Waals surface area contributed by atoms with E-state index in [1.54, 1.807) is 0 Å². The Bertz CT molecular complexity index is 910. The zero-order valence-corrected chi connectivity index (χ0v) is 35.4. The van der Waals surface area contributed by atoms with Gasteiger partial charge in [-0.05, 0) is 64.2 Å². The summed E-state index contributed by atoms with van der Waals surface area (Å²) in [6, 6.07) is 0. The van der Waals surface area contributed by atoms with Gasteiger partial charge in [0.25, 0.3) is 0 Å². The summed E-state index contributed by atoms with van der Waals surface area (Å²) in [5.41, 5.74) is 5.37. The molecule has 0 aromatic carbocycles. The molecular weight excluding hydrogens is 685 g/mol. The van der Waals surface area contributed by atoms with E-state index >= 15 is 0 Å². The molecule has 0 radical (unpaired) electrons. The van der Waals surface area contributed by atoms with Crippen molar-refractivity contribution in [1.82, 2.24) is 0 Å². The monoisotopic (exact) mass is 770 g/mol. The van der Waals surface area contributed by atoms with Gasteiger partial charge in [-0.3, -0.25) is 13.8 Å². The minimum absolute atomic E-state index is 0.0980. The standard InChI is InChI=1S/C44H84NO7P/c1-3-5-7-9-11-13-15-17-19-20-21-22-23-25-27-29-31-33-35-37-44(46)52-43(42-51-53(47,48)50-40-38-45)41-49-39-36-34-32-30-28-26-24-18-16-14-12-10-8-6-4-2/h10,12,16-19,43H,3-9,11,13-15,20-42,45H2,1-2H3,(H,47,48)/b12-10-,18-16-,19-17-. The lowest BCUT2D eigenvalue weighted by Gasteiger charge is -2.20. The molecular formula is C44H84NO7P. The number of phosphoric ester groups is 1. The lowest BCUT2D eigenvalue weighted by molar-refractivity contribution is -0.154. The zero-order valence-electron chi connectivity index (χ0n) is 34.5. The van der Waals surface area contributed by atoms with Gasteiger partial charge in [-0.2, -0.15) is 0 Å². The molecule has 0 aliphatic rings. The van der Waals surface area contributed by atoms with Crippen LogP contribution in [-0.2, 0) is 27.9 Å². The topological polar surface area (TPSA) is 117 Å². The summed E-state index contributed by atoms with van der Waals surface area (Å²) < 4.78 is 33.4. The highest BCUT2D eigenvalue weighted by Crippen LogP contribution is 2.43. The molecule has 3 N–H and O–H groups in total. The number of phosphoric acid groups is 1. The molecule has 0 aromatic heterocycles. The molecule has 0 aliphatic carbocycles. The Hall–Kier alpha value is -1.28. The molecule has 0 spiro atoms. The minimum atomic E-state index is -4.28. The van der Waals surface area contributed by atoms with E-state index in [1.807, 2.05) is 0 Å². The van der Waals surface area contributed by atoms with Gasteiger partial charge in [0.2, 0.25) is 0 Å². The second-order valence-electron chi connectivity index (χ2n) is 14.6. The fraction of sp³-hybridized carbons (Fsp3) is 0.841. The summed E-state index contributed by atoms with van der Waals surface area (Å²) in [6.45, 7) is 4.87. The van der Waals surface area contributed by atoms with Gasteiger partial charge < -0.3 is 20.1 Å². The Morgan fingerprint density at radius 2 is 1.02 bits per heavy atom. The summed E-state index contributed by atoms with van der Waals surface area (Å²) in [5.74, 6) is -0.336. The number of hydrogen-bond donors (Lipinski definition) is 2. The summed E-state index contributed by atoms with van der Waals surface area (Å²) in [4.78, 5) is 22.5. The molecule has 8 nitrogen and oxygen atoms in total. The third kappa shape index (κ3) is 41.7. The molecule has 0 saturated carbocycles. The number of ether oxygens (including phenoxy) is 2. The summed E-state index contributed by atoms with van der Waals surface area (Å²) >= 11 is 0. The maximum atomic E-state index is 12.6. The van der Waals surface area contributed by atoms with Crippen LogP contribution in [0, 0.1) is 0 Å². The first-order valence-corrected chi connectivity index (χ1v) is 23.5. The highest BCUT2D eigenvalue weighted by Gasteiger charge is 2.25. The lowest BCUT2D eigenvalue weighted by Crippen LogP contribution is -2.28. The van der Waals surface area contributed by atoms with Crippen LogP contribution in [0.3, 0.4) is 0 Å². The normalized spacial score (nSPS) is 13.8. The van der Waals surface area contributed by atoms with Crippen molar-refractivity contribution in [3.8, 4) is 0 Å². The van der Waals surface area contributed by atoms with Crippen molar-refractivity contribution in [2.45, 2.75) is 206 Å². The van der Waals surface area contributed by atoms with Gasteiger partial charge >= 0.3 is 13.8 Å². The molecule has 0 aromatic rings. The Morgan fingerprint density at radius 3 is 1.55 bits per heavy atom. The van der Waals surface area contributed by atoms with Crippen LogP contribution >= 0.6 is 7.82 Å². The zero-order chi connectivity index (χ0) is 38.8. The van der Waals surface area contributed by atoms with E-state index in [1.165, 1.54) is 128 Å². The van der Waals surface area contributed by atoms with Gasteiger partial charge in [-0.15, -0.1) is 0 Å². The van der Waals surface area contributed by atoms with Crippen LogP contribution < -0.4 is 5.73 Å². The third-order valence-corrected chi connectivity index (χ3v) is 10.3. The van der Waals surface area contributed by atoms with E-state index < -0.39 is 13.9 Å². The van der Waals surface area contributed by atoms with Crippen LogP contribution in [0.1, 0.15) is 200 Å². The SMILES string of the molecule is CCCC/C=C\C/C=C\CCCCCCCCOCC(COP(=O)(O)OCCN)OC(=O)CCCCCCCCCCC/C=C\CCCCCCCC. The van der Waals surface area contributed by atoms with E-state index in [4.69, 9.17) is 24.3 Å². The lowest BCUT2D eigenvalue weighted by atomic mass is 10.1. The van der Waals surface area contributed by atoms with Gasteiger partial charge in [-0.1, -0.05) is 166 Å². The second-order valence-corrected chi connectivity index (χ2v) is 16.0. The molecule has 312 valence electrons. The maximum Gasteiger partial charge on any atom is 0.472 e. The quantitative estimate of drug-likeness (QED) is 0.0273. The number of rotatable bonds is 42. The first kappa shape index (κ1) is 51.7. The van der Waals surface area contributed by atoms with Gasteiger partial charge in [0, 0.05) is 19.6 Å². The van der Waals surface area contributed by atoms with E-state index in [2.05, 4.69) is 50.3 Å². The minimum Gasteiger partial charge on any atom is -0.457 e. The molecule has 0 saturated heterocycles. The van der Waals surface area contributed by atoms with Crippen molar-refractivity contribution in [3.05, 3.63) is 36.5 Å². The number of carbonyl (C=O) groups is 1. The summed E-state index contributed by atoms with van der Waals surface area (Å²) in [5, 5.41) is 0. The molecule has 2 unspecified atom stereocenters. The number of carbonyl (C=O) groups excluding carboxylic acids is 1. The molecule has 0 bridgehead atoms. The van der Waals surface area contributed by atoms with Gasteiger partial charge in [0.05, 0.1) is 19.8 Å². The predicted molar refractivity (Wildman–Crippen MR) is 224 cm³/mol. The average Bonchev–Trinajstić information content (AvgIpc) is 3.15. The number of unbranched alkanes of at least 4 members (excludes halogenated alkanes) is 23. The molecule has 0 heterocycles. The van der Waals surface area contributed by atoms with Crippen molar-refractivity contribution in [3.63, 3.8) is 0 Å². The van der Waals surface area contributed by atoms with Crippen LogP contribution in [0.2, 0.25) is 0 Å². The molecule has 0 fully saturated rings. The van der Waals surface area contributed by atoms with Crippen molar-refractivity contribution in [1.29, 1.82) is 0 Å². The maximum absolute atomic E-state index is 12.6. The van der Waals surface area contributed by atoms with Gasteiger partial charge in [-0.25, -0.2) is 4.57 Å². The van der Waals surface area contributed by atoms with Crippen LogP contribution in [-0.4, -0.2) is 49.9 Å². The van der Waals surface area contributed by atoms with E-state index in [9.17, 15) is 14.3 Å². The molecule has 0 amide bonds. The van der Waals surface area contributed by atoms with E-state index in [0.717, 1.165) is 51.4 Å². The second kappa shape index (κ2) is 41.9. The summed E-state index contributed by atoms with van der Waals surface area (Å²) in [7, 11) is -4.28. The molecule has 0 rings (SSSR count). The number of nitrogens with two attached hydrogens (primary N) is 1. The van der Waals surface area contributed by atoms with E-state index in [0.29, 0.717) is 13.0 Å². The van der Waals surface area contributed by atoms with Crippen molar-refractivity contribution in [2.75, 3.05) is 33.0 Å². The molecule has 9 heteroatoms. The van der Waals surface area contributed by atoms with Gasteiger partial charge in [0.15, 0.2) is 0 Å². The third-order valence-electron chi connectivity index (χ3n) is 9.28. The average molecular weight is 770 g/mol. The van der Waals surface area contributed by atoms with Crippen LogP contribution in [0.15, 0.2) is 36.5 Å². The van der Waals surface area contributed by atoms with E-state index in [-0.39, 0.29) is 32.3 Å². The fourth-order valence-corrected chi connectivity index (χ4v) is 6.77. The van der Waals surface area contributed by atoms with Crippen molar-refractivity contribution < 1.29 is 32.8 Å². The largest absolute Gasteiger partial charge is 0.472 e. The smallest absolute Gasteiger partial charge is 0.457 e. The van der Waals surface area contributed by atoms with Gasteiger partial charge in [0.1, 0.15) is 6.10 Å².